The number of hydrogen-bond acceptors (Lipinski definition) is 6. The van der Waals surface area contributed by atoms with Crippen LogP contribution in [-0.2, 0) is 14.8 Å². The highest BCUT2D eigenvalue weighted by Gasteiger charge is 2.34. The fourth-order valence-corrected chi connectivity index (χ4v) is 4.78. The molecule has 11 heteroatoms. The molecule has 1 fully saturated rings. The van der Waals surface area contributed by atoms with Gasteiger partial charge in [-0.05, 0) is 49.2 Å². The van der Waals surface area contributed by atoms with Crippen molar-refractivity contribution in [2.75, 3.05) is 25.5 Å². The molecule has 0 aromatic heterocycles. The van der Waals surface area contributed by atoms with E-state index in [1.165, 1.54) is 41.7 Å². The van der Waals surface area contributed by atoms with Crippen LogP contribution in [0.15, 0.2) is 47.4 Å². The fourth-order valence-electron chi connectivity index (χ4n) is 3.26. The Morgan fingerprint density at radius 1 is 1.27 bits per heavy atom. The minimum absolute atomic E-state index is 0.00400. The summed E-state index contributed by atoms with van der Waals surface area (Å²) in [6.45, 7) is 0.154. The molecule has 3 rings (SSSR count). The van der Waals surface area contributed by atoms with Crippen molar-refractivity contribution in [3.8, 4) is 5.75 Å². The first kappa shape index (κ1) is 21.7. The molecule has 1 aliphatic heterocycles. The van der Waals surface area contributed by atoms with Gasteiger partial charge in [-0.1, -0.05) is 0 Å². The molecular formula is C19H20FN3O6S. The maximum absolute atomic E-state index is 13.1. The Morgan fingerprint density at radius 3 is 2.60 bits per heavy atom. The third-order valence-corrected chi connectivity index (χ3v) is 6.75. The predicted octanol–water partition coefficient (Wildman–Crippen LogP) is 2.78. The molecule has 0 saturated carbocycles. The Bertz CT molecular complexity index is 1060. The number of nitro groups is 1. The molecule has 0 aliphatic carbocycles. The molecule has 1 atom stereocenters. The zero-order valence-corrected chi connectivity index (χ0v) is 16.9. The second-order valence-electron chi connectivity index (χ2n) is 6.79. The summed E-state index contributed by atoms with van der Waals surface area (Å²) in [4.78, 5) is 23.3. The average molecular weight is 437 g/mol. The molecular weight excluding hydrogens is 417 g/mol. The maximum Gasteiger partial charge on any atom is 0.296 e. The van der Waals surface area contributed by atoms with Crippen LogP contribution in [0.25, 0.3) is 0 Å². The first-order valence-electron chi connectivity index (χ1n) is 9.11. The molecule has 9 nitrogen and oxygen atoms in total. The number of hydrogen-bond donors (Lipinski definition) is 1. The van der Waals surface area contributed by atoms with Crippen LogP contribution in [0.3, 0.4) is 0 Å². The van der Waals surface area contributed by atoms with Crippen LogP contribution in [0.2, 0.25) is 0 Å². The average Bonchev–Trinajstić information content (AvgIpc) is 2.74. The largest absolute Gasteiger partial charge is 0.496 e. The number of carbonyl (C=O) groups is 1. The normalized spacial score (nSPS) is 17.3. The standard InChI is InChI=1S/C19H20FN3O6S/c1-29-15-6-9-17(18(11-15)23(25)26)21-19(24)13-3-2-10-22(12-13)30(27,28)16-7-4-14(20)5-8-16/h4-9,11,13H,2-3,10,12H2,1H3,(H,21,24). The summed E-state index contributed by atoms with van der Waals surface area (Å²) in [6, 6.07) is 8.51. The number of nitrogens with zero attached hydrogens (tertiary/aromatic N) is 2. The van der Waals surface area contributed by atoms with Gasteiger partial charge in [0.1, 0.15) is 17.3 Å². The van der Waals surface area contributed by atoms with Crippen molar-refractivity contribution < 1.29 is 27.3 Å². The lowest BCUT2D eigenvalue weighted by Gasteiger charge is -2.31. The number of methoxy groups -OCH3 is 1. The zero-order chi connectivity index (χ0) is 21.9. The minimum atomic E-state index is -3.89. The summed E-state index contributed by atoms with van der Waals surface area (Å²) in [5.41, 5.74) is -0.321. The van der Waals surface area contributed by atoms with E-state index in [1.54, 1.807) is 0 Å². The lowest BCUT2D eigenvalue weighted by Crippen LogP contribution is -2.43. The first-order valence-corrected chi connectivity index (χ1v) is 10.6. The third kappa shape index (κ3) is 4.57. The molecule has 30 heavy (non-hydrogen) atoms. The van der Waals surface area contributed by atoms with Crippen molar-refractivity contribution >= 4 is 27.3 Å². The van der Waals surface area contributed by atoms with Crippen LogP contribution < -0.4 is 10.1 Å². The molecule has 1 heterocycles. The molecule has 0 bridgehead atoms. The van der Waals surface area contributed by atoms with E-state index in [2.05, 4.69) is 5.32 Å². The van der Waals surface area contributed by atoms with E-state index in [4.69, 9.17) is 4.74 Å². The van der Waals surface area contributed by atoms with Gasteiger partial charge in [-0.25, -0.2) is 12.8 Å². The summed E-state index contributed by atoms with van der Waals surface area (Å²) in [6.07, 6.45) is 0.883. The highest BCUT2D eigenvalue weighted by atomic mass is 32.2. The van der Waals surface area contributed by atoms with Gasteiger partial charge in [0.2, 0.25) is 15.9 Å². The lowest BCUT2D eigenvalue weighted by atomic mass is 9.98. The number of nitrogens with one attached hydrogen (secondary N) is 1. The van der Waals surface area contributed by atoms with Gasteiger partial charge < -0.3 is 10.1 Å². The number of ether oxygens (including phenoxy) is 1. The lowest BCUT2D eigenvalue weighted by molar-refractivity contribution is -0.384. The Labute approximate surface area is 172 Å². The van der Waals surface area contributed by atoms with Crippen molar-refractivity contribution in [3.05, 3.63) is 58.4 Å². The Kier molecular flexibility index (Phi) is 6.32. The second-order valence-corrected chi connectivity index (χ2v) is 8.72. The number of rotatable bonds is 6. The van der Waals surface area contributed by atoms with E-state index in [0.717, 1.165) is 12.1 Å². The molecule has 1 N–H and O–H groups in total. The predicted molar refractivity (Wildman–Crippen MR) is 106 cm³/mol. The highest BCUT2D eigenvalue weighted by Crippen LogP contribution is 2.30. The molecule has 1 aliphatic rings. The van der Waals surface area contributed by atoms with Gasteiger partial charge in [0.15, 0.2) is 0 Å². The van der Waals surface area contributed by atoms with Crippen molar-refractivity contribution in [3.63, 3.8) is 0 Å². The number of nitro benzene ring substituents is 1. The summed E-state index contributed by atoms with van der Waals surface area (Å²) in [7, 11) is -2.52. The van der Waals surface area contributed by atoms with Gasteiger partial charge in [-0.3, -0.25) is 14.9 Å². The smallest absolute Gasteiger partial charge is 0.296 e. The Morgan fingerprint density at radius 2 is 1.97 bits per heavy atom. The second kappa shape index (κ2) is 8.76. The zero-order valence-electron chi connectivity index (χ0n) is 16.1. The van der Waals surface area contributed by atoms with E-state index in [0.29, 0.717) is 12.8 Å². The minimum Gasteiger partial charge on any atom is -0.496 e. The molecule has 2 aromatic carbocycles. The third-order valence-electron chi connectivity index (χ3n) is 4.87. The molecule has 1 saturated heterocycles. The van der Waals surface area contributed by atoms with Gasteiger partial charge in [0, 0.05) is 13.1 Å². The Balaban J connectivity index is 1.76. The van der Waals surface area contributed by atoms with E-state index in [-0.39, 0.29) is 35.1 Å². The number of anilines is 1. The van der Waals surface area contributed by atoms with Crippen LogP contribution in [0.1, 0.15) is 12.8 Å². The summed E-state index contributed by atoms with van der Waals surface area (Å²) < 4.78 is 44.9. The number of halogens is 1. The number of piperidine rings is 1. The van der Waals surface area contributed by atoms with Crippen LogP contribution >= 0.6 is 0 Å². The Hall–Kier alpha value is -3.05. The van der Waals surface area contributed by atoms with Crippen LogP contribution in [-0.4, -0.2) is 43.8 Å². The van der Waals surface area contributed by atoms with Crippen molar-refractivity contribution in [1.82, 2.24) is 4.31 Å². The van der Waals surface area contributed by atoms with Crippen molar-refractivity contribution in [1.29, 1.82) is 0 Å². The van der Waals surface area contributed by atoms with E-state index in [1.807, 2.05) is 0 Å². The van der Waals surface area contributed by atoms with E-state index >= 15 is 0 Å². The van der Waals surface area contributed by atoms with Crippen LogP contribution in [0.5, 0.6) is 5.75 Å². The van der Waals surface area contributed by atoms with Crippen LogP contribution in [0, 0.1) is 21.8 Å². The van der Waals surface area contributed by atoms with Gasteiger partial charge in [0.05, 0.1) is 28.9 Å². The topological polar surface area (TPSA) is 119 Å². The van der Waals surface area contributed by atoms with E-state index in [9.17, 15) is 27.7 Å². The maximum atomic E-state index is 13.1. The SMILES string of the molecule is COc1ccc(NC(=O)C2CCCN(S(=O)(=O)c3ccc(F)cc3)C2)c([N+](=O)[O-])c1. The van der Waals surface area contributed by atoms with Gasteiger partial charge in [-0.15, -0.1) is 0 Å². The number of benzene rings is 2. The number of amides is 1. The molecule has 0 radical (unpaired) electrons. The van der Waals surface area contributed by atoms with Crippen LogP contribution in [0.4, 0.5) is 15.8 Å². The quantitative estimate of drug-likeness (QED) is 0.548. The molecule has 0 spiro atoms. The number of carbonyl (C=O) groups excluding carboxylic acids is 1. The molecule has 1 amide bonds. The molecule has 2 aromatic rings. The molecule has 1 unspecified atom stereocenters. The van der Waals surface area contributed by atoms with Gasteiger partial charge in [-0.2, -0.15) is 4.31 Å². The number of sulfonamides is 1. The van der Waals surface area contributed by atoms with Gasteiger partial charge in [0.25, 0.3) is 5.69 Å². The monoisotopic (exact) mass is 437 g/mol. The fraction of sp³-hybridized carbons (Fsp3) is 0.316. The summed E-state index contributed by atoms with van der Waals surface area (Å²) in [5.74, 6) is -1.47. The van der Waals surface area contributed by atoms with Crippen molar-refractivity contribution in [2.24, 2.45) is 5.92 Å². The van der Waals surface area contributed by atoms with Crippen molar-refractivity contribution in [2.45, 2.75) is 17.7 Å². The first-order chi connectivity index (χ1) is 14.2. The highest BCUT2D eigenvalue weighted by molar-refractivity contribution is 7.89. The van der Waals surface area contributed by atoms with E-state index < -0.39 is 32.6 Å². The summed E-state index contributed by atoms with van der Waals surface area (Å²) >= 11 is 0. The summed E-state index contributed by atoms with van der Waals surface area (Å²) in [5, 5.41) is 13.8. The molecule has 160 valence electrons. The van der Waals surface area contributed by atoms with Gasteiger partial charge >= 0.3 is 0 Å².